The third kappa shape index (κ3) is 3.41. The lowest BCUT2D eigenvalue weighted by Crippen LogP contribution is -2.49. The summed E-state index contributed by atoms with van der Waals surface area (Å²) in [7, 11) is 0. The summed E-state index contributed by atoms with van der Waals surface area (Å²) in [5, 5.41) is 12.0. The van der Waals surface area contributed by atoms with Crippen molar-refractivity contribution in [2.45, 2.75) is 70.3 Å². The first-order chi connectivity index (χ1) is 11.9. The minimum Gasteiger partial charge on any atom is -0.456 e. The molecule has 5 rings (SSSR count). The van der Waals surface area contributed by atoms with Crippen molar-refractivity contribution < 1.29 is 14.3 Å². The van der Waals surface area contributed by atoms with Gasteiger partial charge in [0, 0.05) is 0 Å². The van der Waals surface area contributed by atoms with Crippen molar-refractivity contribution in [1.29, 1.82) is 5.26 Å². The van der Waals surface area contributed by atoms with E-state index in [-0.39, 0.29) is 29.8 Å². The molecule has 0 heterocycles. The Labute approximate surface area is 149 Å². The molecule has 5 aliphatic carbocycles. The monoisotopic (exact) mass is 344 g/mol. The van der Waals surface area contributed by atoms with Crippen molar-refractivity contribution in [3.63, 3.8) is 0 Å². The molecule has 0 spiro atoms. The van der Waals surface area contributed by atoms with Crippen LogP contribution in [0.1, 0.15) is 64.7 Å². The van der Waals surface area contributed by atoms with Gasteiger partial charge in [-0.05, 0) is 87.4 Å². The summed E-state index contributed by atoms with van der Waals surface area (Å²) in [6.45, 7) is 1.48. The van der Waals surface area contributed by atoms with Crippen LogP contribution in [0.25, 0.3) is 0 Å². The topological polar surface area (TPSA) is 79.2 Å². The molecular weight excluding hydrogens is 316 g/mol. The molecule has 0 radical (unpaired) electrons. The Balaban J connectivity index is 1.27. The Morgan fingerprint density at radius 2 is 1.72 bits per heavy atom. The van der Waals surface area contributed by atoms with E-state index in [1.54, 1.807) is 6.92 Å². The Bertz CT molecular complexity index is 584. The molecule has 1 atom stereocenters. The minimum atomic E-state index is -0.830. The highest BCUT2D eigenvalue weighted by Gasteiger charge is 2.51. The third-order valence-corrected chi connectivity index (χ3v) is 7.07. The van der Waals surface area contributed by atoms with E-state index in [1.807, 2.05) is 0 Å². The molecule has 5 heteroatoms. The number of carbonyl (C=O) groups is 2. The van der Waals surface area contributed by atoms with Gasteiger partial charge in [0.2, 0.25) is 0 Å². The van der Waals surface area contributed by atoms with Crippen molar-refractivity contribution in [2.75, 3.05) is 6.61 Å². The van der Waals surface area contributed by atoms with Gasteiger partial charge in [0.25, 0.3) is 5.91 Å². The van der Waals surface area contributed by atoms with Gasteiger partial charge in [-0.2, -0.15) is 5.26 Å². The molecule has 4 bridgehead atoms. The number of rotatable bonds is 6. The van der Waals surface area contributed by atoms with E-state index in [0.29, 0.717) is 6.42 Å². The van der Waals surface area contributed by atoms with Crippen molar-refractivity contribution in [1.82, 2.24) is 5.32 Å². The quantitative estimate of drug-likeness (QED) is 0.751. The average molecular weight is 344 g/mol. The highest BCUT2D eigenvalue weighted by Crippen LogP contribution is 2.61. The zero-order valence-electron chi connectivity index (χ0n) is 15.1. The lowest BCUT2D eigenvalue weighted by Gasteiger charge is -2.56. The lowest BCUT2D eigenvalue weighted by molar-refractivity contribution is -0.155. The highest BCUT2D eigenvalue weighted by molar-refractivity contribution is 5.81. The fourth-order valence-electron chi connectivity index (χ4n) is 6.22. The maximum atomic E-state index is 12.3. The van der Waals surface area contributed by atoms with Crippen molar-refractivity contribution >= 4 is 11.9 Å². The first kappa shape index (κ1) is 16.9. The smallest absolute Gasteiger partial charge is 0.306 e. The number of nitrogens with one attached hydrogen (secondary N) is 1. The maximum Gasteiger partial charge on any atom is 0.306 e. The second kappa shape index (κ2) is 6.00. The molecule has 136 valence electrons. The molecule has 1 amide bonds. The van der Waals surface area contributed by atoms with Gasteiger partial charge in [0.1, 0.15) is 5.54 Å². The summed E-state index contributed by atoms with van der Waals surface area (Å²) in [6, 6.07) is 2.19. The normalized spacial score (nSPS) is 37.8. The summed E-state index contributed by atoms with van der Waals surface area (Å²) in [4.78, 5) is 24.4. The molecule has 0 aliphatic heterocycles. The van der Waals surface area contributed by atoms with Crippen LogP contribution in [0.5, 0.6) is 0 Å². The van der Waals surface area contributed by atoms with Crippen LogP contribution < -0.4 is 5.32 Å². The Morgan fingerprint density at radius 3 is 2.20 bits per heavy atom. The third-order valence-electron chi connectivity index (χ3n) is 7.07. The van der Waals surface area contributed by atoms with E-state index in [1.165, 1.54) is 19.3 Å². The molecule has 0 unspecified atom stereocenters. The number of amides is 1. The van der Waals surface area contributed by atoms with Crippen LogP contribution in [0.15, 0.2) is 0 Å². The van der Waals surface area contributed by atoms with Gasteiger partial charge in [0.15, 0.2) is 6.61 Å². The fraction of sp³-hybridized carbons (Fsp3) is 0.850. The second-order valence-corrected chi connectivity index (χ2v) is 9.39. The largest absolute Gasteiger partial charge is 0.456 e. The number of nitriles is 1. The standard InChI is InChI=1S/C20H28N2O3/c1-19(12-21,16-2-3-16)22-17(23)11-25-18(24)10-20-7-13-4-14(8-20)6-15(5-13)9-20/h13-16H,2-11H2,1H3,(H,22,23)/t13?,14?,15?,19-,20?/m0/s1. The van der Waals surface area contributed by atoms with Crippen LogP contribution in [-0.4, -0.2) is 24.0 Å². The number of esters is 1. The molecule has 0 aromatic rings. The number of hydrogen-bond acceptors (Lipinski definition) is 4. The number of carbonyl (C=O) groups excluding carboxylic acids is 2. The van der Waals surface area contributed by atoms with E-state index in [2.05, 4.69) is 11.4 Å². The van der Waals surface area contributed by atoms with Crippen molar-refractivity contribution in [3.8, 4) is 6.07 Å². The number of nitrogens with zero attached hydrogens (tertiary/aromatic N) is 1. The number of ether oxygens (including phenoxy) is 1. The lowest BCUT2D eigenvalue weighted by atomic mass is 9.49. The average Bonchev–Trinajstić information content (AvgIpc) is 3.36. The summed E-state index contributed by atoms with van der Waals surface area (Å²) in [5.41, 5.74) is -0.694. The van der Waals surface area contributed by atoms with Gasteiger partial charge in [-0.1, -0.05) is 0 Å². The van der Waals surface area contributed by atoms with Crippen LogP contribution >= 0.6 is 0 Å². The molecule has 0 aromatic carbocycles. The van der Waals surface area contributed by atoms with Crippen molar-refractivity contribution in [2.24, 2.45) is 29.1 Å². The second-order valence-electron chi connectivity index (χ2n) is 9.39. The van der Waals surface area contributed by atoms with E-state index < -0.39 is 5.54 Å². The predicted molar refractivity (Wildman–Crippen MR) is 91.1 cm³/mol. The van der Waals surface area contributed by atoms with Gasteiger partial charge in [-0.3, -0.25) is 9.59 Å². The van der Waals surface area contributed by atoms with Crippen LogP contribution in [0.3, 0.4) is 0 Å². The molecular formula is C20H28N2O3. The van der Waals surface area contributed by atoms with Crippen LogP contribution in [0.2, 0.25) is 0 Å². The van der Waals surface area contributed by atoms with Gasteiger partial charge in [-0.25, -0.2) is 0 Å². The molecule has 0 saturated heterocycles. The molecule has 5 aliphatic rings. The highest BCUT2D eigenvalue weighted by atomic mass is 16.5. The van der Waals surface area contributed by atoms with E-state index in [4.69, 9.17) is 4.74 Å². The summed E-state index contributed by atoms with van der Waals surface area (Å²) in [5.74, 6) is 2.02. The van der Waals surface area contributed by atoms with Crippen LogP contribution in [0, 0.1) is 40.4 Å². The van der Waals surface area contributed by atoms with Gasteiger partial charge in [0.05, 0.1) is 12.5 Å². The first-order valence-corrected chi connectivity index (χ1v) is 9.78. The molecule has 5 fully saturated rings. The minimum absolute atomic E-state index is 0.136. The van der Waals surface area contributed by atoms with Gasteiger partial charge in [-0.15, -0.1) is 0 Å². The molecule has 5 nitrogen and oxygen atoms in total. The predicted octanol–water partition coefficient (Wildman–Crippen LogP) is 2.94. The van der Waals surface area contributed by atoms with E-state index >= 15 is 0 Å². The first-order valence-electron chi connectivity index (χ1n) is 9.78. The Kier molecular flexibility index (Phi) is 4.05. The molecule has 25 heavy (non-hydrogen) atoms. The van der Waals surface area contributed by atoms with Gasteiger partial charge < -0.3 is 10.1 Å². The SMILES string of the molecule is C[C@@](C#N)(NC(=O)COC(=O)CC12CC3CC(CC(C3)C1)C2)C1CC1. The zero-order chi connectivity index (χ0) is 17.7. The maximum absolute atomic E-state index is 12.3. The summed E-state index contributed by atoms with van der Waals surface area (Å²) in [6.07, 6.45) is 9.94. The molecule has 1 N–H and O–H groups in total. The molecule has 5 saturated carbocycles. The summed E-state index contributed by atoms with van der Waals surface area (Å²) >= 11 is 0. The molecule has 0 aromatic heterocycles. The zero-order valence-corrected chi connectivity index (χ0v) is 15.1. The van der Waals surface area contributed by atoms with Crippen LogP contribution in [-0.2, 0) is 14.3 Å². The van der Waals surface area contributed by atoms with E-state index in [9.17, 15) is 14.9 Å². The van der Waals surface area contributed by atoms with Crippen LogP contribution in [0.4, 0.5) is 0 Å². The Hall–Kier alpha value is -1.57. The van der Waals surface area contributed by atoms with E-state index in [0.717, 1.165) is 49.9 Å². The van der Waals surface area contributed by atoms with Gasteiger partial charge >= 0.3 is 5.97 Å². The number of hydrogen-bond donors (Lipinski definition) is 1. The Morgan fingerprint density at radius 1 is 1.16 bits per heavy atom. The fourth-order valence-corrected chi connectivity index (χ4v) is 6.22. The van der Waals surface area contributed by atoms with Crippen molar-refractivity contribution in [3.05, 3.63) is 0 Å². The summed E-state index contributed by atoms with van der Waals surface area (Å²) < 4.78 is 5.27.